The molecule has 3 rings (SSSR count). The van der Waals surface area contributed by atoms with Crippen molar-refractivity contribution in [3.05, 3.63) is 23.8 Å². The Morgan fingerprint density at radius 1 is 1.19 bits per heavy atom. The molecule has 2 aliphatic rings. The highest BCUT2D eigenvalue weighted by molar-refractivity contribution is 6.51. The largest absolute Gasteiger partial charge is 0.395 e. The number of rotatable bonds is 4. The van der Waals surface area contributed by atoms with E-state index in [4.69, 9.17) is 0 Å². The molecule has 1 amide bonds. The lowest BCUT2D eigenvalue weighted by atomic mass is 9.93. The number of nitrogens with one attached hydrogen (secondary N) is 1. The topological polar surface area (TPSA) is 69.6 Å². The average Bonchev–Trinajstić information content (AvgIpc) is 2.80. The van der Waals surface area contributed by atoms with Gasteiger partial charge in [-0.25, -0.2) is 0 Å². The van der Waals surface area contributed by atoms with Crippen LogP contribution in [0.2, 0.25) is 0 Å². The molecule has 1 aliphatic heterocycles. The summed E-state index contributed by atoms with van der Waals surface area (Å²) in [6.45, 7) is 0.671. The maximum absolute atomic E-state index is 11.6. The van der Waals surface area contributed by atoms with Crippen molar-refractivity contribution in [2.45, 2.75) is 38.1 Å². The molecule has 0 aromatic heterocycles. The molecule has 0 atom stereocenters. The number of Topliss-reactive ketones (excluding diaryl/α,β-unsaturated/α-hetero) is 1. The van der Waals surface area contributed by atoms with Gasteiger partial charge in [-0.1, -0.05) is 19.3 Å². The van der Waals surface area contributed by atoms with E-state index in [2.05, 4.69) is 10.2 Å². The Labute approximate surface area is 123 Å². The summed E-state index contributed by atoms with van der Waals surface area (Å²) >= 11 is 0. The van der Waals surface area contributed by atoms with Crippen LogP contribution in [0.1, 0.15) is 42.5 Å². The van der Waals surface area contributed by atoms with E-state index in [0.717, 1.165) is 18.5 Å². The van der Waals surface area contributed by atoms with Gasteiger partial charge in [-0.3, -0.25) is 9.59 Å². The number of hydrogen-bond donors (Lipinski definition) is 2. The van der Waals surface area contributed by atoms with Crippen molar-refractivity contribution in [2.75, 3.05) is 23.4 Å². The highest BCUT2D eigenvalue weighted by Crippen LogP contribution is 2.32. The Morgan fingerprint density at radius 3 is 2.67 bits per heavy atom. The van der Waals surface area contributed by atoms with Crippen molar-refractivity contribution >= 4 is 23.1 Å². The first-order chi connectivity index (χ1) is 10.2. The maximum Gasteiger partial charge on any atom is 0.296 e. The molecule has 0 unspecified atom stereocenters. The number of benzene rings is 1. The predicted molar refractivity (Wildman–Crippen MR) is 80.7 cm³/mol. The number of carbonyl (C=O) groups is 2. The van der Waals surface area contributed by atoms with Crippen LogP contribution in [0.25, 0.3) is 0 Å². The number of amides is 1. The number of aliphatic hydroxyl groups excluding tert-OH is 1. The summed E-state index contributed by atoms with van der Waals surface area (Å²) in [5.74, 6) is -1.03. The molecule has 1 aliphatic carbocycles. The summed E-state index contributed by atoms with van der Waals surface area (Å²) in [4.78, 5) is 25.3. The van der Waals surface area contributed by atoms with Gasteiger partial charge >= 0.3 is 0 Å². The Bertz CT molecular complexity index is 565. The fourth-order valence-corrected chi connectivity index (χ4v) is 3.34. The fourth-order valence-electron chi connectivity index (χ4n) is 3.34. The zero-order valence-corrected chi connectivity index (χ0v) is 12.0. The van der Waals surface area contributed by atoms with Crippen molar-refractivity contribution in [3.8, 4) is 0 Å². The minimum atomic E-state index is -0.562. The van der Waals surface area contributed by atoms with Gasteiger partial charge < -0.3 is 15.3 Å². The van der Waals surface area contributed by atoms with E-state index in [9.17, 15) is 14.7 Å². The molecule has 5 heteroatoms. The molecule has 0 radical (unpaired) electrons. The van der Waals surface area contributed by atoms with Crippen LogP contribution in [0.3, 0.4) is 0 Å². The van der Waals surface area contributed by atoms with Gasteiger partial charge in [-0.15, -0.1) is 0 Å². The molecule has 0 saturated heterocycles. The third-order valence-electron chi connectivity index (χ3n) is 4.39. The highest BCUT2D eigenvalue weighted by Gasteiger charge is 2.29. The van der Waals surface area contributed by atoms with Gasteiger partial charge in [0.15, 0.2) is 0 Å². The second-order valence-electron chi connectivity index (χ2n) is 5.72. The number of carbonyl (C=O) groups excluding carboxylic acids is 2. The summed E-state index contributed by atoms with van der Waals surface area (Å²) in [7, 11) is 0. The summed E-state index contributed by atoms with van der Waals surface area (Å²) < 4.78 is 0. The van der Waals surface area contributed by atoms with E-state index >= 15 is 0 Å². The third kappa shape index (κ3) is 2.65. The summed E-state index contributed by atoms with van der Waals surface area (Å²) in [6.07, 6.45) is 5.96. The van der Waals surface area contributed by atoms with Crippen LogP contribution < -0.4 is 10.2 Å². The molecule has 21 heavy (non-hydrogen) atoms. The predicted octanol–water partition coefficient (Wildman–Crippen LogP) is 1.95. The van der Waals surface area contributed by atoms with Crippen molar-refractivity contribution in [1.29, 1.82) is 0 Å². The van der Waals surface area contributed by atoms with E-state index in [0.29, 0.717) is 23.8 Å². The smallest absolute Gasteiger partial charge is 0.296 e. The first kappa shape index (κ1) is 14.1. The Kier molecular flexibility index (Phi) is 3.92. The van der Waals surface area contributed by atoms with Gasteiger partial charge in [0.2, 0.25) is 0 Å². The van der Waals surface area contributed by atoms with Crippen LogP contribution in [0.15, 0.2) is 18.2 Å². The molecular formula is C16H20N2O3. The molecule has 1 saturated carbocycles. The number of anilines is 2. The van der Waals surface area contributed by atoms with Gasteiger partial charge in [0.1, 0.15) is 0 Å². The van der Waals surface area contributed by atoms with Crippen LogP contribution in [0.5, 0.6) is 0 Å². The standard InChI is InChI=1S/C16H20N2O3/c19-9-8-18(11-4-2-1-3-5-11)12-6-7-13-14(10-12)17-16(21)15(13)20/h6-7,10-11,19H,1-5,8-9H2,(H,17,20,21). The van der Waals surface area contributed by atoms with Gasteiger partial charge in [0, 0.05) is 18.3 Å². The zero-order valence-electron chi connectivity index (χ0n) is 12.0. The van der Waals surface area contributed by atoms with Gasteiger partial charge in [-0.05, 0) is 31.0 Å². The second-order valence-corrected chi connectivity index (χ2v) is 5.72. The quantitative estimate of drug-likeness (QED) is 0.831. The first-order valence-electron chi connectivity index (χ1n) is 7.58. The van der Waals surface area contributed by atoms with Crippen molar-refractivity contribution < 1.29 is 14.7 Å². The second kappa shape index (κ2) is 5.85. The number of aliphatic hydroxyl groups is 1. The lowest BCUT2D eigenvalue weighted by Gasteiger charge is -2.36. The number of fused-ring (bicyclic) bond motifs is 1. The Balaban J connectivity index is 1.88. The Hall–Kier alpha value is -1.88. The summed E-state index contributed by atoms with van der Waals surface area (Å²) in [5.41, 5.74) is 1.99. The minimum Gasteiger partial charge on any atom is -0.395 e. The SMILES string of the molecule is O=C1Nc2cc(N(CCO)C3CCCCC3)ccc2C1=O. The highest BCUT2D eigenvalue weighted by atomic mass is 16.3. The van der Waals surface area contributed by atoms with Crippen LogP contribution >= 0.6 is 0 Å². The first-order valence-corrected chi connectivity index (χ1v) is 7.58. The summed E-state index contributed by atoms with van der Waals surface area (Å²) in [5, 5.41) is 12.0. The average molecular weight is 288 g/mol. The molecular weight excluding hydrogens is 268 g/mol. The maximum atomic E-state index is 11.6. The molecule has 1 aromatic carbocycles. The molecule has 1 heterocycles. The minimum absolute atomic E-state index is 0.0961. The molecule has 2 N–H and O–H groups in total. The lowest BCUT2D eigenvalue weighted by molar-refractivity contribution is -0.112. The van der Waals surface area contributed by atoms with Crippen LogP contribution in [0.4, 0.5) is 11.4 Å². The fraction of sp³-hybridized carbons (Fsp3) is 0.500. The third-order valence-corrected chi connectivity index (χ3v) is 4.39. The lowest BCUT2D eigenvalue weighted by Crippen LogP contribution is -2.38. The van der Waals surface area contributed by atoms with Crippen LogP contribution in [-0.4, -0.2) is 36.0 Å². The van der Waals surface area contributed by atoms with E-state index in [1.165, 1.54) is 19.3 Å². The van der Waals surface area contributed by atoms with E-state index in [-0.39, 0.29) is 6.61 Å². The van der Waals surface area contributed by atoms with Crippen molar-refractivity contribution in [3.63, 3.8) is 0 Å². The van der Waals surface area contributed by atoms with Crippen LogP contribution in [-0.2, 0) is 4.79 Å². The van der Waals surface area contributed by atoms with Crippen LogP contribution in [0, 0.1) is 0 Å². The van der Waals surface area contributed by atoms with E-state index < -0.39 is 11.7 Å². The van der Waals surface area contributed by atoms with Crippen molar-refractivity contribution in [2.24, 2.45) is 0 Å². The monoisotopic (exact) mass is 288 g/mol. The normalized spacial score (nSPS) is 18.5. The molecule has 5 nitrogen and oxygen atoms in total. The number of hydrogen-bond acceptors (Lipinski definition) is 4. The van der Waals surface area contributed by atoms with E-state index in [1.807, 2.05) is 12.1 Å². The Morgan fingerprint density at radius 2 is 1.95 bits per heavy atom. The van der Waals surface area contributed by atoms with Gasteiger partial charge in [0.25, 0.3) is 11.7 Å². The molecule has 0 bridgehead atoms. The molecule has 0 spiro atoms. The van der Waals surface area contributed by atoms with Gasteiger partial charge in [-0.2, -0.15) is 0 Å². The summed E-state index contributed by atoms with van der Waals surface area (Å²) in [6, 6.07) is 5.86. The zero-order chi connectivity index (χ0) is 14.8. The van der Waals surface area contributed by atoms with Crippen molar-refractivity contribution in [1.82, 2.24) is 0 Å². The number of nitrogens with zero attached hydrogens (tertiary/aromatic N) is 1. The molecule has 1 aromatic rings. The molecule has 1 fully saturated rings. The molecule has 112 valence electrons. The number of ketones is 1. The van der Waals surface area contributed by atoms with E-state index in [1.54, 1.807) is 6.07 Å². The van der Waals surface area contributed by atoms with Gasteiger partial charge in [0.05, 0.1) is 17.9 Å².